The van der Waals surface area contributed by atoms with Gasteiger partial charge in [0.15, 0.2) is 0 Å². The maximum Gasteiger partial charge on any atom is 0.323 e. The van der Waals surface area contributed by atoms with E-state index in [4.69, 9.17) is 5.11 Å². The Hall–Kier alpha value is -3.59. The third kappa shape index (κ3) is 4.84. The molecule has 2 aliphatic heterocycles. The fourth-order valence-corrected chi connectivity index (χ4v) is 4.63. The van der Waals surface area contributed by atoms with Gasteiger partial charge < -0.3 is 30.2 Å². The topological polar surface area (TPSA) is 113 Å². The molecular formula is C25H30N4O5. The van der Waals surface area contributed by atoms with Crippen molar-refractivity contribution in [3.63, 3.8) is 0 Å². The van der Waals surface area contributed by atoms with E-state index in [1.807, 2.05) is 56.3 Å². The minimum Gasteiger partial charge on any atom is -0.480 e. The van der Waals surface area contributed by atoms with Crippen LogP contribution in [0.1, 0.15) is 34.8 Å². The number of carbonyl (C=O) groups is 3. The number of rotatable bonds is 4. The number of benzene rings is 2. The standard InChI is InChI=1S/C25H30N4O5/c1-16-11-19(27-10-9-20(30)15-27)7-8-21(16)24(33)29-13-17(2)28(25(34)26-12-23(31)32)14-18-5-3-4-6-22(18)29/h3-8,11,17,20,30H,9-10,12-15H2,1-2H3,(H,26,34)(H,31,32)/t17-,20?/m1/s1. The van der Waals surface area contributed by atoms with E-state index in [0.29, 0.717) is 12.1 Å². The van der Waals surface area contributed by atoms with Crippen LogP contribution in [-0.4, -0.2) is 71.3 Å². The lowest BCUT2D eigenvalue weighted by atomic mass is 10.0. The Morgan fingerprint density at radius 3 is 2.56 bits per heavy atom. The first-order valence-corrected chi connectivity index (χ1v) is 11.4. The van der Waals surface area contributed by atoms with E-state index in [1.54, 1.807) is 9.80 Å². The molecule has 0 radical (unpaired) electrons. The first-order valence-electron chi connectivity index (χ1n) is 11.4. The molecule has 0 bridgehead atoms. The lowest BCUT2D eigenvalue weighted by molar-refractivity contribution is -0.135. The predicted molar refractivity (Wildman–Crippen MR) is 128 cm³/mol. The molecule has 0 saturated carbocycles. The van der Waals surface area contributed by atoms with Gasteiger partial charge in [-0.3, -0.25) is 9.59 Å². The second-order valence-electron chi connectivity index (χ2n) is 8.96. The van der Waals surface area contributed by atoms with Gasteiger partial charge in [0, 0.05) is 49.2 Å². The number of carboxylic acids is 1. The van der Waals surface area contributed by atoms with E-state index in [-0.39, 0.29) is 31.1 Å². The van der Waals surface area contributed by atoms with E-state index >= 15 is 0 Å². The molecule has 180 valence electrons. The minimum atomic E-state index is -1.12. The summed E-state index contributed by atoms with van der Waals surface area (Å²) in [4.78, 5) is 42.7. The molecule has 2 heterocycles. The van der Waals surface area contributed by atoms with Crippen molar-refractivity contribution in [2.24, 2.45) is 0 Å². The lowest BCUT2D eigenvalue weighted by Gasteiger charge is -2.29. The lowest BCUT2D eigenvalue weighted by Crippen LogP contribution is -2.49. The third-order valence-corrected chi connectivity index (χ3v) is 6.47. The number of aryl methyl sites for hydroxylation is 1. The van der Waals surface area contributed by atoms with Crippen LogP contribution in [0.25, 0.3) is 0 Å². The summed E-state index contributed by atoms with van der Waals surface area (Å²) in [6, 6.07) is 12.4. The Morgan fingerprint density at radius 1 is 1.12 bits per heavy atom. The number of carboxylic acid groups (broad SMARTS) is 1. The van der Waals surface area contributed by atoms with Crippen LogP contribution in [0.5, 0.6) is 0 Å². The summed E-state index contributed by atoms with van der Waals surface area (Å²) in [5.74, 6) is -1.27. The molecule has 2 aromatic carbocycles. The van der Waals surface area contributed by atoms with Gasteiger partial charge in [0.1, 0.15) is 6.54 Å². The van der Waals surface area contributed by atoms with Gasteiger partial charge in [-0.25, -0.2) is 4.79 Å². The third-order valence-electron chi connectivity index (χ3n) is 6.47. The molecule has 0 aliphatic carbocycles. The Bertz CT molecular complexity index is 1100. The van der Waals surface area contributed by atoms with Crippen molar-refractivity contribution in [3.8, 4) is 0 Å². The number of nitrogens with zero attached hydrogens (tertiary/aromatic N) is 3. The summed E-state index contributed by atoms with van der Waals surface area (Å²) in [5.41, 5.74) is 3.95. The van der Waals surface area contributed by atoms with Gasteiger partial charge in [-0.15, -0.1) is 0 Å². The Kier molecular flexibility index (Phi) is 6.74. The summed E-state index contributed by atoms with van der Waals surface area (Å²) in [6.07, 6.45) is 0.408. The highest BCUT2D eigenvalue weighted by atomic mass is 16.4. The van der Waals surface area contributed by atoms with Crippen LogP contribution in [0.15, 0.2) is 42.5 Å². The zero-order valence-corrected chi connectivity index (χ0v) is 19.4. The predicted octanol–water partition coefficient (Wildman–Crippen LogP) is 2.21. The maximum absolute atomic E-state index is 13.7. The Labute approximate surface area is 198 Å². The highest BCUT2D eigenvalue weighted by Gasteiger charge is 2.32. The number of para-hydroxylation sites is 1. The van der Waals surface area contributed by atoms with Crippen molar-refractivity contribution >= 4 is 29.3 Å². The van der Waals surface area contributed by atoms with Crippen molar-refractivity contribution in [2.75, 3.05) is 36.0 Å². The van der Waals surface area contributed by atoms with Crippen molar-refractivity contribution < 1.29 is 24.6 Å². The molecular weight excluding hydrogens is 436 g/mol. The maximum atomic E-state index is 13.7. The molecule has 1 saturated heterocycles. The van der Waals surface area contributed by atoms with Crippen LogP contribution < -0.4 is 15.1 Å². The molecule has 0 spiro atoms. The van der Waals surface area contributed by atoms with Crippen LogP contribution in [0.3, 0.4) is 0 Å². The van der Waals surface area contributed by atoms with Crippen LogP contribution >= 0.6 is 0 Å². The van der Waals surface area contributed by atoms with Crippen LogP contribution in [0.2, 0.25) is 0 Å². The van der Waals surface area contributed by atoms with E-state index < -0.39 is 18.5 Å². The molecule has 9 heteroatoms. The summed E-state index contributed by atoms with van der Waals surface area (Å²) in [5, 5.41) is 21.2. The number of nitrogens with one attached hydrogen (secondary N) is 1. The van der Waals surface area contributed by atoms with Gasteiger partial charge in [-0.2, -0.15) is 0 Å². The van der Waals surface area contributed by atoms with E-state index in [1.165, 1.54) is 0 Å². The molecule has 34 heavy (non-hydrogen) atoms. The monoisotopic (exact) mass is 466 g/mol. The first-order chi connectivity index (χ1) is 16.2. The number of urea groups is 1. The number of amides is 3. The number of aliphatic carboxylic acids is 1. The van der Waals surface area contributed by atoms with Gasteiger partial charge in [0.2, 0.25) is 0 Å². The zero-order chi connectivity index (χ0) is 24.4. The van der Waals surface area contributed by atoms with Gasteiger partial charge in [0.25, 0.3) is 5.91 Å². The van der Waals surface area contributed by atoms with Crippen LogP contribution in [0.4, 0.5) is 16.2 Å². The van der Waals surface area contributed by atoms with E-state index in [2.05, 4.69) is 10.2 Å². The van der Waals surface area contributed by atoms with Crippen molar-refractivity contribution in [3.05, 3.63) is 59.2 Å². The second-order valence-corrected chi connectivity index (χ2v) is 8.96. The van der Waals surface area contributed by atoms with E-state index in [9.17, 15) is 19.5 Å². The van der Waals surface area contributed by atoms with Crippen molar-refractivity contribution in [1.82, 2.24) is 10.2 Å². The largest absolute Gasteiger partial charge is 0.480 e. The average Bonchev–Trinajstić information content (AvgIpc) is 3.18. The number of fused-ring (bicyclic) bond motifs is 1. The Morgan fingerprint density at radius 2 is 1.88 bits per heavy atom. The summed E-state index contributed by atoms with van der Waals surface area (Å²) in [7, 11) is 0. The zero-order valence-electron chi connectivity index (χ0n) is 19.4. The van der Waals surface area contributed by atoms with Crippen LogP contribution in [-0.2, 0) is 11.3 Å². The molecule has 3 N–H and O–H groups in total. The first kappa shape index (κ1) is 23.6. The van der Waals surface area contributed by atoms with Crippen molar-refractivity contribution in [2.45, 2.75) is 39.0 Å². The fourth-order valence-electron chi connectivity index (χ4n) is 4.63. The number of aliphatic hydroxyl groups excluding tert-OH is 1. The normalized spacial score (nSPS) is 20.0. The molecule has 2 aromatic rings. The molecule has 9 nitrogen and oxygen atoms in total. The molecule has 4 rings (SSSR count). The van der Waals surface area contributed by atoms with Gasteiger partial charge in [-0.1, -0.05) is 18.2 Å². The van der Waals surface area contributed by atoms with Crippen LogP contribution in [0, 0.1) is 6.92 Å². The van der Waals surface area contributed by atoms with Gasteiger partial charge in [-0.05, 0) is 55.7 Å². The summed E-state index contributed by atoms with van der Waals surface area (Å²) in [6.45, 7) is 5.20. The quantitative estimate of drug-likeness (QED) is 0.637. The highest BCUT2D eigenvalue weighted by Crippen LogP contribution is 2.30. The fraction of sp³-hybridized carbons (Fsp3) is 0.400. The molecule has 2 atom stereocenters. The smallest absolute Gasteiger partial charge is 0.323 e. The average molecular weight is 467 g/mol. The van der Waals surface area contributed by atoms with Crippen molar-refractivity contribution in [1.29, 1.82) is 0 Å². The highest BCUT2D eigenvalue weighted by molar-refractivity contribution is 6.08. The number of hydrogen-bond donors (Lipinski definition) is 3. The molecule has 3 amide bonds. The van der Waals surface area contributed by atoms with Gasteiger partial charge >= 0.3 is 12.0 Å². The minimum absolute atomic E-state index is 0.155. The number of β-amino-alcohol motifs (C(OH)–C–C–N with tert-alkyl or cyclic N) is 1. The number of carbonyl (C=O) groups excluding carboxylic acids is 2. The van der Waals surface area contributed by atoms with E-state index in [0.717, 1.165) is 35.5 Å². The molecule has 2 aliphatic rings. The molecule has 1 fully saturated rings. The number of anilines is 2. The SMILES string of the molecule is Cc1cc(N2CCC(O)C2)ccc1C(=O)N1C[C@@H](C)N(C(=O)NCC(=O)O)Cc2ccccc21. The molecule has 1 unspecified atom stereocenters. The second kappa shape index (κ2) is 9.72. The summed E-state index contributed by atoms with van der Waals surface area (Å²) < 4.78 is 0. The van der Waals surface area contributed by atoms with Gasteiger partial charge in [0.05, 0.1) is 6.10 Å². The Balaban J connectivity index is 1.60. The number of aliphatic hydroxyl groups is 1. The number of hydrogen-bond acceptors (Lipinski definition) is 5. The molecule has 0 aromatic heterocycles. The summed E-state index contributed by atoms with van der Waals surface area (Å²) >= 11 is 0.